The lowest BCUT2D eigenvalue weighted by atomic mass is 10.1. The van der Waals surface area contributed by atoms with Gasteiger partial charge in [0.05, 0.1) is 10.7 Å². The molecule has 2 nitrogen and oxygen atoms in total. The maximum absolute atomic E-state index is 4.75. The van der Waals surface area contributed by atoms with Crippen LogP contribution in [-0.4, -0.2) is 18.1 Å². The predicted octanol–water partition coefficient (Wildman–Crippen LogP) is 4.22. The molecule has 0 radical (unpaired) electrons. The molecule has 1 heterocycles. The molecule has 108 valence electrons. The van der Waals surface area contributed by atoms with Crippen molar-refractivity contribution in [1.29, 1.82) is 0 Å². The molecule has 0 atom stereocenters. The number of hydrogen-bond donors (Lipinski definition) is 1. The second-order valence-electron chi connectivity index (χ2n) is 5.77. The third kappa shape index (κ3) is 4.15. The maximum atomic E-state index is 4.75. The van der Waals surface area contributed by atoms with E-state index in [9.17, 15) is 0 Å². The van der Waals surface area contributed by atoms with Gasteiger partial charge in [0.25, 0.3) is 0 Å². The summed E-state index contributed by atoms with van der Waals surface area (Å²) in [6.45, 7) is 10.9. The summed E-state index contributed by atoms with van der Waals surface area (Å²) in [7, 11) is 0. The van der Waals surface area contributed by atoms with Gasteiger partial charge < -0.3 is 5.32 Å². The SMILES string of the molecule is Cc1ccc(-c2csc(CCNCC(C)C)n2)cc1C. The monoisotopic (exact) mass is 288 g/mol. The number of aromatic nitrogens is 1. The second-order valence-corrected chi connectivity index (χ2v) is 6.72. The molecule has 0 unspecified atom stereocenters. The van der Waals surface area contributed by atoms with Gasteiger partial charge in [-0.1, -0.05) is 26.0 Å². The fourth-order valence-corrected chi connectivity index (χ4v) is 2.85. The predicted molar refractivity (Wildman–Crippen MR) is 88.4 cm³/mol. The van der Waals surface area contributed by atoms with Gasteiger partial charge in [-0.15, -0.1) is 11.3 Å². The van der Waals surface area contributed by atoms with Crippen LogP contribution in [0.1, 0.15) is 30.0 Å². The average molecular weight is 288 g/mol. The number of benzene rings is 1. The maximum Gasteiger partial charge on any atom is 0.0945 e. The molecule has 1 aromatic heterocycles. The van der Waals surface area contributed by atoms with Crippen LogP contribution in [0.5, 0.6) is 0 Å². The smallest absolute Gasteiger partial charge is 0.0945 e. The van der Waals surface area contributed by atoms with Crippen LogP contribution < -0.4 is 5.32 Å². The van der Waals surface area contributed by atoms with Gasteiger partial charge in [0.1, 0.15) is 0 Å². The Balaban J connectivity index is 1.96. The van der Waals surface area contributed by atoms with Gasteiger partial charge in [0, 0.05) is 23.9 Å². The summed E-state index contributed by atoms with van der Waals surface area (Å²) in [5.41, 5.74) is 5.00. The van der Waals surface area contributed by atoms with E-state index in [-0.39, 0.29) is 0 Å². The van der Waals surface area contributed by atoms with Gasteiger partial charge in [-0.3, -0.25) is 0 Å². The van der Waals surface area contributed by atoms with Crippen molar-refractivity contribution in [2.45, 2.75) is 34.1 Å². The summed E-state index contributed by atoms with van der Waals surface area (Å²) in [5.74, 6) is 0.706. The molecular weight excluding hydrogens is 264 g/mol. The van der Waals surface area contributed by atoms with Crippen molar-refractivity contribution in [2.24, 2.45) is 5.92 Å². The van der Waals surface area contributed by atoms with Crippen LogP contribution >= 0.6 is 11.3 Å². The lowest BCUT2D eigenvalue weighted by molar-refractivity contribution is 0.554. The van der Waals surface area contributed by atoms with Crippen LogP contribution in [0.3, 0.4) is 0 Å². The highest BCUT2D eigenvalue weighted by Gasteiger charge is 2.05. The van der Waals surface area contributed by atoms with Crippen LogP contribution in [0, 0.1) is 19.8 Å². The molecule has 0 saturated heterocycles. The quantitative estimate of drug-likeness (QED) is 0.805. The van der Waals surface area contributed by atoms with Crippen LogP contribution in [0.4, 0.5) is 0 Å². The minimum atomic E-state index is 0.706. The van der Waals surface area contributed by atoms with E-state index in [4.69, 9.17) is 4.98 Å². The molecule has 0 bridgehead atoms. The summed E-state index contributed by atoms with van der Waals surface area (Å²) in [6.07, 6.45) is 1.02. The number of nitrogens with zero attached hydrogens (tertiary/aromatic N) is 1. The zero-order chi connectivity index (χ0) is 14.5. The van der Waals surface area contributed by atoms with Gasteiger partial charge in [-0.25, -0.2) is 4.98 Å². The van der Waals surface area contributed by atoms with E-state index in [0.29, 0.717) is 5.92 Å². The van der Waals surface area contributed by atoms with E-state index in [1.807, 2.05) is 0 Å². The van der Waals surface area contributed by atoms with Crippen molar-refractivity contribution in [2.75, 3.05) is 13.1 Å². The molecule has 0 amide bonds. The van der Waals surface area contributed by atoms with Crippen molar-refractivity contribution in [3.8, 4) is 11.3 Å². The van der Waals surface area contributed by atoms with E-state index in [1.54, 1.807) is 11.3 Å². The molecule has 0 fully saturated rings. The summed E-state index contributed by atoms with van der Waals surface area (Å²) < 4.78 is 0. The largest absolute Gasteiger partial charge is 0.316 e. The summed E-state index contributed by atoms with van der Waals surface area (Å²) >= 11 is 1.76. The Morgan fingerprint density at radius 3 is 2.70 bits per heavy atom. The first-order valence-corrected chi connectivity index (χ1v) is 8.17. The van der Waals surface area contributed by atoms with Gasteiger partial charge in [0.2, 0.25) is 0 Å². The molecule has 1 aromatic carbocycles. The topological polar surface area (TPSA) is 24.9 Å². The Morgan fingerprint density at radius 1 is 1.20 bits per heavy atom. The van der Waals surface area contributed by atoms with Gasteiger partial charge in [-0.2, -0.15) is 0 Å². The first-order chi connectivity index (χ1) is 9.56. The first kappa shape index (κ1) is 15.2. The number of rotatable bonds is 6. The average Bonchev–Trinajstić information content (AvgIpc) is 2.86. The molecule has 2 aromatic rings. The fraction of sp³-hybridized carbons (Fsp3) is 0.471. The Kier molecular flexibility index (Phi) is 5.32. The van der Waals surface area contributed by atoms with Crippen molar-refractivity contribution >= 4 is 11.3 Å². The minimum Gasteiger partial charge on any atom is -0.316 e. The Hall–Kier alpha value is -1.19. The van der Waals surface area contributed by atoms with Crippen LogP contribution in [0.15, 0.2) is 23.6 Å². The van der Waals surface area contributed by atoms with E-state index >= 15 is 0 Å². The Morgan fingerprint density at radius 2 is 2.00 bits per heavy atom. The van der Waals surface area contributed by atoms with E-state index in [2.05, 4.69) is 56.6 Å². The van der Waals surface area contributed by atoms with Gasteiger partial charge in [0.15, 0.2) is 0 Å². The zero-order valence-electron chi connectivity index (χ0n) is 12.9. The summed E-state index contributed by atoms with van der Waals surface area (Å²) in [6, 6.07) is 6.57. The number of thiazole rings is 1. The normalized spacial score (nSPS) is 11.2. The van der Waals surface area contributed by atoms with Crippen molar-refractivity contribution in [1.82, 2.24) is 10.3 Å². The van der Waals surface area contributed by atoms with Crippen LogP contribution in [-0.2, 0) is 6.42 Å². The van der Waals surface area contributed by atoms with Crippen LogP contribution in [0.2, 0.25) is 0 Å². The lowest BCUT2D eigenvalue weighted by Gasteiger charge is -2.05. The van der Waals surface area contributed by atoms with Gasteiger partial charge >= 0.3 is 0 Å². The first-order valence-electron chi connectivity index (χ1n) is 7.29. The standard InChI is InChI=1S/C17H24N2S/c1-12(2)10-18-8-7-17-19-16(11-20-17)15-6-5-13(3)14(4)9-15/h5-6,9,11-12,18H,7-8,10H2,1-4H3. The molecule has 0 saturated carbocycles. The van der Waals surface area contributed by atoms with E-state index in [0.717, 1.165) is 25.2 Å². The number of aryl methyl sites for hydroxylation is 2. The van der Waals surface area contributed by atoms with E-state index in [1.165, 1.54) is 21.7 Å². The van der Waals surface area contributed by atoms with Crippen molar-refractivity contribution < 1.29 is 0 Å². The fourth-order valence-electron chi connectivity index (χ4n) is 2.05. The number of hydrogen-bond acceptors (Lipinski definition) is 3. The lowest BCUT2D eigenvalue weighted by Crippen LogP contribution is -2.22. The highest BCUT2D eigenvalue weighted by Crippen LogP contribution is 2.24. The Bertz CT molecular complexity index is 558. The molecule has 0 aliphatic rings. The molecule has 1 N–H and O–H groups in total. The number of nitrogens with one attached hydrogen (secondary N) is 1. The van der Waals surface area contributed by atoms with Crippen molar-refractivity contribution in [3.05, 3.63) is 39.7 Å². The third-order valence-corrected chi connectivity index (χ3v) is 4.33. The molecule has 20 heavy (non-hydrogen) atoms. The highest BCUT2D eigenvalue weighted by molar-refractivity contribution is 7.09. The van der Waals surface area contributed by atoms with Gasteiger partial charge in [-0.05, 0) is 43.5 Å². The zero-order valence-corrected chi connectivity index (χ0v) is 13.7. The van der Waals surface area contributed by atoms with Crippen LogP contribution in [0.25, 0.3) is 11.3 Å². The molecular formula is C17H24N2S. The highest BCUT2D eigenvalue weighted by atomic mass is 32.1. The Labute approximate surface area is 126 Å². The summed E-state index contributed by atoms with van der Waals surface area (Å²) in [4.78, 5) is 4.75. The minimum absolute atomic E-state index is 0.706. The third-order valence-electron chi connectivity index (χ3n) is 3.42. The van der Waals surface area contributed by atoms with Crippen molar-refractivity contribution in [3.63, 3.8) is 0 Å². The van der Waals surface area contributed by atoms with E-state index < -0.39 is 0 Å². The second kappa shape index (κ2) is 7.00. The molecule has 0 aliphatic carbocycles. The molecule has 3 heteroatoms. The summed E-state index contributed by atoms with van der Waals surface area (Å²) in [5, 5.41) is 6.85. The molecule has 0 aliphatic heterocycles. The molecule has 0 spiro atoms. The molecule has 2 rings (SSSR count).